The van der Waals surface area contributed by atoms with Gasteiger partial charge in [0.1, 0.15) is 11.6 Å². The number of halogens is 2. The lowest BCUT2D eigenvalue weighted by atomic mass is 10.0. The van der Waals surface area contributed by atoms with Crippen LogP contribution >= 0.6 is 0 Å². The van der Waals surface area contributed by atoms with Crippen molar-refractivity contribution >= 4 is 0 Å². The zero-order valence-corrected chi connectivity index (χ0v) is 10.6. The molecule has 0 aliphatic heterocycles. The highest BCUT2D eigenvalue weighted by molar-refractivity contribution is 5.22. The third kappa shape index (κ3) is 3.75. The van der Waals surface area contributed by atoms with Crippen LogP contribution in [0.1, 0.15) is 25.5 Å². The Balaban J connectivity index is 2.96. The molecule has 0 spiro atoms. The Morgan fingerprint density at radius 3 is 2.47 bits per heavy atom. The van der Waals surface area contributed by atoms with Crippen molar-refractivity contribution in [1.82, 2.24) is 4.90 Å². The predicted octanol–water partition coefficient (Wildman–Crippen LogP) is 2.55. The summed E-state index contributed by atoms with van der Waals surface area (Å²) in [6, 6.07) is 3.21. The quantitative estimate of drug-likeness (QED) is 0.859. The molecule has 1 atom stereocenters. The van der Waals surface area contributed by atoms with E-state index in [9.17, 15) is 8.78 Å². The van der Waals surface area contributed by atoms with Gasteiger partial charge in [0.25, 0.3) is 0 Å². The highest BCUT2D eigenvalue weighted by Gasteiger charge is 2.20. The van der Waals surface area contributed by atoms with E-state index >= 15 is 0 Å². The van der Waals surface area contributed by atoms with Gasteiger partial charge in [-0.3, -0.25) is 4.90 Å². The van der Waals surface area contributed by atoms with Crippen molar-refractivity contribution in [1.29, 1.82) is 0 Å². The van der Waals surface area contributed by atoms with E-state index < -0.39 is 11.6 Å². The summed E-state index contributed by atoms with van der Waals surface area (Å²) < 4.78 is 26.8. The number of nitrogens with zero attached hydrogens (tertiary/aromatic N) is 1. The molecule has 17 heavy (non-hydrogen) atoms. The van der Waals surface area contributed by atoms with Gasteiger partial charge in [-0.2, -0.15) is 0 Å². The molecule has 0 saturated heterocycles. The minimum absolute atomic E-state index is 0.267. The lowest BCUT2D eigenvalue weighted by Gasteiger charge is -2.29. The molecule has 2 nitrogen and oxygen atoms in total. The van der Waals surface area contributed by atoms with Crippen molar-refractivity contribution in [3.05, 3.63) is 35.4 Å². The third-order valence-electron chi connectivity index (χ3n) is 2.73. The first-order valence-corrected chi connectivity index (χ1v) is 5.81. The Hall–Kier alpha value is -1.00. The molecule has 4 heteroatoms. The van der Waals surface area contributed by atoms with Gasteiger partial charge in [0.2, 0.25) is 0 Å². The van der Waals surface area contributed by atoms with E-state index in [0.29, 0.717) is 11.5 Å². The van der Waals surface area contributed by atoms with Gasteiger partial charge < -0.3 is 5.73 Å². The van der Waals surface area contributed by atoms with Gasteiger partial charge in [-0.1, -0.05) is 13.8 Å². The molecule has 2 N–H and O–H groups in total. The van der Waals surface area contributed by atoms with E-state index in [4.69, 9.17) is 5.73 Å². The van der Waals surface area contributed by atoms with Gasteiger partial charge in [0, 0.05) is 24.7 Å². The van der Waals surface area contributed by atoms with Crippen LogP contribution in [-0.4, -0.2) is 25.0 Å². The lowest BCUT2D eigenvalue weighted by molar-refractivity contribution is 0.219. The number of hydrogen-bond acceptors (Lipinski definition) is 2. The van der Waals surface area contributed by atoms with Gasteiger partial charge in [0.05, 0.1) is 0 Å². The monoisotopic (exact) mass is 242 g/mol. The summed E-state index contributed by atoms with van der Waals surface area (Å²) in [4.78, 5) is 1.96. The van der Waals surface area contributed by atoms with E-state index in [2.05, 4.69) is 13.8 Å². The zero-order chi connectivity index (χ0) is 13.0. The Kier molecular flexibility index (Phi) is 5.02. The molecule has 0 aliphatic rings. The van der Waals surface area contributed by atoms with E-state index in [1.54, 1.807) is 0 Å². The highest BCUT2D eigenvalue weighted by atomic mass is 19.1. The van der Waals surface area contributed by atoms with Crippen LogP contribution in [0.4, 0.5) is 8.78 Å². The van der Waals surface area contributed by atoms with Crippen LogP contribution in [0.15, 0.2) is 18.2 Å². The SMILES string of the molecule is CC(C)CN(C)C(CN)c1cc(F)ccc1F. The van der Waals surface area contributed by atoms with Gasteiger partial charge >= 0.3 is 0 Å². The largest absolute Gasteiger partial charge is 0.329 e. The molecule has 1 aromatic carbocycles. The molecule has 0 radical (unpaired) electrons. The Morgan fingerprint density at radius 2 is 1.94 bits per heavy atom. The zero-order valence-electron chi connectivity index (χ0n) is 10.6. The van der Waals surface area contributed by atoms with Gasteiger partial charge in [0.15, 0.2) is 0 Å². The molecular weight excluding hydrogens is 222 g/mol. The molecule has 0 saturated carbocycles. The fourth-order valence-corrected chi connectivity index (χ4v) is 2.02. The van der Waals surface area contributed by atoms with E-state index in [0.717, 1.165) is 18.7 Å². The molecule has 0 aliphatic carbocycles. The molecule has 0 bridgehead atoms. The Bertz CT molecular complexity index is 366. The van der Waals surface area contributed by atoms with Crippen LogP contribution in [0.3, 0.4) is 0 Å². The molecule has 1 unspecified atom stereocenters. The minimum atomic E-state index is -0.433. The van der Waals surface area contributed by atoms with E-state index in [1.165, 1.54) is 6.07 Å². The fourth-order valence-electron chi connectivity index (χ4n) is 2.02. The average molecular weight is 242 g/mol. The van der Waals surface area contributed by atoms with Crippen molar-refractivity contribution in [2.75, 3.05) is 20.1 Å². The number of hydrogen-bond donors (Lipinski definition) is 1. The van der Waals surface area contributed by atoms with Crippen LogP contribution in [0.2, 0.25) is 0 Å². The topological polar surface area (TPSA) is 29.3 Å². The summed E-state index contributed by atoms with van der Waals surface area (Å²) in [5.74, 6) is -0.388. The van der Waals surface area contributed by atoms with Gasteiger partial charge in [-0.05, 0) is 31.2 Å². The van der Waals surface area contributed by atoms with Gasteiger partial charge in [-0.25, -0.2) is 8.78 Å². The maximum atomic E-state index is 13.7. The molecule has 0 fully saturated rings. The normalized spacial score (nSPS) is 13.4. The van der Waals surface area contributed by atoms with Crippen LogP contribution < -0.4 is 5.73 Å². The van der Waals surface area contributed by atoms with Crippen molar-refractivity contribution < 1.29 is 8.78 Å². The van der Waals surface area contributed by atoms with Gasteiger partial charge in [-0.15, -0.1) is 0 Å². The fraction of sp³-hybridized carbons (Fsp3) is 0.538. The second kappa shape index (κ2) is 6.07. The standard InChI is InChI=1S/C13H20F2N2/c1-9(2)8-17(3)13(7-16)11-6-10(14)4-5-12(11)15/h4-6,9,13H,7-8,16H2,1-3H3. The first-order valence-electron chi connectivity index (χ1n) is 5.81. The highest BCUT2D eigenvalue weighted by Crippen LogP contribution is 2.23. The minimum Gasteiger partial charge on any atom is -0.329 e. The van der Waals surface area contributed by atoms with Crippen LogP contribution in [0.5, 0.6) is 0 Å². The molecule has 1 aromatic rings. The summed E-state index contributed by atoms with van der Waals surface area (Å²) in [6.07, 6.45) is 0. The first-order chi connectivity index (χ1) is 7.95. The van der Waals surface area contributed by atoms with Crippen molar-refractivity contribution in [2.24, 2.45) is 11.7 Å². The smallest absolute Gasteiger partial charge is 0.128 e. The molecule has 96 valence electrons. The summed E-state index contributed by atoms with van der Waals surface area (Å²) in [5, 5.41) is 0. The summed E-state index contributed by atoms with van der Waals surface area (Å²) in [7, 11) is 1.88. The molecule has 0 aromatic heterocycles. The van der Waals surface area contributed by atoms with Crippen molar-refractivity contribution in [3.8, 4) is 0 Å². The molecule has 1 rings (SSSR count). The van der Waals surface area contributed by atoms with Crippen LogP contribution in [0.25, 0.3) is 0 Å². The summed E-state index contributed by atoms with van der Waals surface area (Å²) in [6.45, 7) is 5.21. The maximum absolute atomic E-state index is 13.7. The van der Waals surface area contributed by atoms with Crippen LogP contribution in [-0.2, 0) is 0 Å². The Morgan fingerprint density at radius 1 is 1.29 bits per heavy atom. The van der Waals surface area contributed by atoms with E-state index in [-0.39, 0.29) is 12.6 Å². The predicted molar refractivity (Wildman–Crippen MR) is 65.6 cm³/mol. The number of rotatable bonds is 5. The number of benzene rings is 1. The second-order valence-electron chi connectivity index (χ2n) is 4.75. The summed E-state index contributed by atoms with van der Waals surface area (Å²) >= 11 is 0. The molecular formula is C13H20F2N2. The molecule has 0 amide bonds. The summed E-state index contributed by atoms with van der Waals surface area (Å²) in [5.41, 5.74) is 6.00. The lowest BCUT2D eigenvalue weighted by Crippen LogP contribution is -2.33. The van der Waals surface area contributed by atoms with Crippen molar-refractivity contribution in [2.45, 2.75) is 19.9 Å². The van der Waals surface area contributed by atoms with Crippen LogP contribution in [0, 0.1) is 17.6 Å². The number of nitrogens with two attached hydrogens (primary N) is 1. The third-order valence-corrected chi connectivity index (χ3v) is 2.73. The van der Waals surface area contributed by atoms with E-state index in [1.807, 2.05) is 11.9 Å². The number of likely N-dealkylation sites (N-methyl/N-ethyl adjacent to an activating group) is 1. The maximum Gasteiger partial charge on any atom is 0.128 e. The first kappa shape index (κ1) is 14.1. The Labute approximate surface area is 101 Å². The van der Waals surface area contributed by atoms with Crippen molar-refractivity contribution in [3.63, 3.8) is 0 Å². The average Bonchev–Trinajstić information content (AvgIpc) is 2.23. The molecule has 0 heterocycles. The second-order valence-corrected chi connectivity index (χ2v) is 4.75.